The van der Waals surface area contributed by atoms with E-state index in [-0.39, 0.29) is 6.92 Å². The number of halogens is 5. The molecular weight excluding hydrogens is 211 g/mol. The van der Waals surface area contributed by atoms with Crippen LogP contribution in [-0.2, 0) is 4.79 Å². The number of carboxylic acid groups (broad SMARTS) is 1. The summed E-state index contributed by atoms with van der Waals surface area (Å²) < 4.78 is 61.5. The first-order valence-corrected chi connectivity index (χ1v) is 3.27. The van der Waals surface area contributed by atoms with Gasteiger partial charge in [0.25, 0.3) is 0 Å². The summed E-state index contributed by atoms with van der Waals surface area (Å²) in [4.78, 5) is 9.70. The minimum Gasteiger partial charge on any atom is -0.472 e. The normalized spacial score (nSPS) is 14.1. The number of hydrogen-bond acceptors (Lipinski definition) is 1. The lowest BCUT2D eigenvalue weighted by Crippen LogP contribution is -2.45. The second-order valence-corrected chi connectivity index (χ2v) is 2.37. The Morgan fingerprint density at radius 1 is 1.36 bits per heavy atom. The second kappa shape index (κ2) is 3.82. The Morgan fingerprint density at radius 3 is 2.07 bits per heavy atom. The highest BCUT2D eigenvalue weighted by molar-refractivity contribution is 5.86. The Balaban J connectivity index is 4.98. The highest BCUT2D eigenvalue weighted by Crippen LogP contribution is 2.37. The monoisotopic (exact) mass is 216 g/mol. The summed E-state index contributed by atoms with van der Waals surface area (Å²) in [5, 5.41) is 7.84. The van der Waals surface area contributed by atoms with Gasteiger partial charge in [-0.15, -0.1) is 0 Å². The van der Waals surface area contributed by atoms with Gasteiger partial charge in [0.15, 0.2) is 6.17 Å². The van der Waals surface area contributed by atoms with Crippen molar-refractivity contribution >= 4 is 5.97 Å². The molecule has 1 unspecified atom stereocenters. The Hall–Kier alpha value is -1.32. The number of rotatable bonds is 2. The molecule has 0 aliphatic rings. The molecule has 0 radical (unpaired) electrons. The molecule has 0 aromatic rings. The summed E-state index contributed by atoms with van der Waals surface area (Å²) in [6.07, 6.45) is -3.12. The average Bonchev–Trinajstić information content (AvgIpc) is 2.00. The second-order valence-electron chi connectivity index (χ2n) is 2.37. The van der Waals surface area contributed by atoms with Gasteiger partial charge in [0, 0.05) is 5.92 Å². The summed E-state index contributed by atoms with van der Waals surface area (Å²) in [5.41, 5.74) is 0. The zero-order valence-corrected chi connectivity index (χ0v) is 6.82. The maximum atomic E-state index is 12.4. The van der Waals surface area contributed by atoms with E-state index < -0.39 is 24.0 Å². The van der Waals surface area contributed by atoms with Crippen LogP contribution in [0.2, 0.25) is 0 Å². The van der Waals surface area contributed by atoms with Gasteiger partial charge >= 0.3 is 17.8 Å². The quantitative estimate of drug-likeness (QED) is 0.563. The van der Waals surface area contributed by atoms with Crippen LogP contribution in [-0.4, -0.2) is 29.1 Å². The van der Waals surface area contributed by atoms with Crippen LogP contribution in [0.5, 0.6) is 0 Å². The standard InChI is InChI=1S/C7H5F5O2/c1-4(8)7(11,12)6(9,10)3-2-5(13)14/h4H,1H3,(H,13,14). The number of carboxylic acids is 1. The van der Waals surface area contributed by atoms with E-state index in [9.17, 15) is 26.7 Å². The van der Waals surface area contributed by atoms with E-state index >= 15 is 0 Å². The minimum atomic E-state index is -5.00. The molecule has 0 fully saturated rings. The van der Waals surface area contributed by atoms with Gasteiger partial charge in [0.2, 0.25) is 0 Å². The lowest BCUT2D eigenvalue weighted by atomic mass is 10.1. The van der Waals surface area contributed by atoms with Crippen molar-refractivity contribution in [2.75, 3.05) is 0 Å². The lowest BCUT2D eigenvalue weighted by Gasteiger charge is -2.22. The molecule has 80 valence electrons. The third-order valence-corrected chi connectivity index (χ3v) is 1.24. The molecule has 1 N–H and O–H groups in total. The van der Waals surface area contributed by atoms with Gasteiger partial charge in [-0.25, -0.2) is 9.18 Å². The topological polar surface area (TPSA) is 37.3 Å². The summed E-state index contributed by atoms with van der Waals surface area (Å²) in [5.74, 6) is -10.7. The highest BCUT2D eigenvalue weighted by atomic mass is 19.3. The molecule has 7 heteroatoms. The predicted molar refractivity (Wildman–Crippen MR) is 35.9 cm³/mol. The third kappa shape index (κ3) is 2.58. The Labute approximate surface area is 75.7 Å². The molecule has 0 spiro atoms. The Bertz CT molecular complexity index is 286. The lowest BCUT2D eigenvalue weighted by molar-refractivity contribution is -0.204. The van der Waals surface area contributed by atoms with Gasteiger partial charge < -0.3 is 5.11 Å². The fourth-order valence-electron chi connectivity index (χ4n) is 0.465. The molecule has 0 rings (SSSR count). The zero-order chi connectivity index (χ0) is 11.6. The fourth-order valence-corrected chi connectivity index (χ4v) is 0.465. The van der Waals surface area contributed by atoms with E-state index in [1.807, 2.05) is 0 Å². The molecule has 0 aliphatic carbocycles. The van der Waals surface area contributed by atoms with Crippen molar-refractivity contribution in [2.24, 2.45) is 0 Å². The Kier molecular flexibility index (Phi) is 3.46. The predicted octanol–water partition coefficient (Wildman–Crippen LogP) is 1.70. The van der Waals surface area contributed by atoms with Crippen molar-refractivity contribution in [2.45, 2.75) is 24.9 Å². The first kappa shape index (κ1) is 12.7. The van der Waals surface area contributed by atoms with Gasteiger partial charge in [-0.2, -0.15) is 17.6 Å². The maximum absolute atomic E-state index is 12.4. The smallest absolute Gasteiger partial charge is 0.382 e. The van der Waals surface area contributed by atoms with Crippen molar-refractivity contribution in [3.05, 3.63) is 0 Å². The van der Waals surface area contributed by atoms with Gasteiger partial charge in [0.05, 0.1) is 0 Å². The largest absolute Gasteiger partial charge is 0.472 e. The van der Waals surface area contributed by atoms with Crippen LogP contribution in [0.15, 0.2) is 0 Å². The molecule has 0 saturated heterocycles. The van der Waals surface area contributed by atoms with E-state index in [1.165, 1.54) is 0 Å². The first-order valence-electron chi connectivity index (χ1n) is 3.27. The van der Waals surface area contributed by atoms with Crippen LogP contribution in [0.25, 0.3) is 0 Å². The van der Waals surface area contributed by atoms with Crippen LogP contribution in [0.1, 0.15) is 6.92 Å². The molecule has 1 atom stereocenters. The number of carbonyl (C=O) groups is 1. The first-order chi connectivity index (χ1) is 6.11. The molecule has 0 aromatic heterocycles. The van der Waals surface area contributed by atoms with E-state index in [4.69, 9.17) is 5.11 Å². The number of alkyl halides is 5. The summed E-state index contributed by atoms with van der Waals surface area (Å²) in [6, 6.07) is 0. The van der Waals surface area contributed by atoms with E-state index in [0.717, 1.165) is 5.92 Å². The SMILES string of the molecule is CC(F)C(F)(F)C(F)(F)C#CC(=O)O. The number of aliphatic carboxylic acids is 1. The highest BCUT2D eigenvalue weighted by Gasteiger charge is 2.59. The van der Waals surface area contributed by atoms with E-state index in [2.05, 4.69) is 0 Å². The van der Waals surface area contributed by atoms with Crippen LogP contribution < -0.4 is 0 Å². The van der Waals surface area contributed by atoms with Crippen LogP contribution in [0.4, 0.5) is 22.0 Å². The van der Waals surface area contributed by atoms with Crippen molar-refractivity contribution in [3.63, 3.8) is 0 Å². The van der Waals surface area contributed by atoms with Crippen LogP contribution in [0.3, 0.4) is 0 Å². The Morgan fingerprint density at radius 2 is 1.79 bits per heavy atom. The fraction of sp³-hybridized carbons (Fsp3) is 0.571. The average molecular weight is 216 g/mol. The third-order valence-electron chi connectivity index (χ3n) is 1.24. The van der Waals surface area contributed by atoms with Crippen molar-refractivity contribution in [1.29, 1.82) is 0 Å². The van der Waals surface area contributed by atoms with Gasteiger partial charge in [-0.05, 0) is 12.8 Å². The van der Waals surface area contributed by atoms with Gasteiger partial charge in [-0.1, -0.05) is 0 Å². The van der Waals surface area contributed by atoms with Crippen LogP contribution >= 0.6 is 0 Å². The number of hydrogen-bond donors (Lipinski definition) is 1. The van der Waals surface area contributed by atoms with E-state index in [0.29, 0.717) is 5.92 Å². The maximum Gasteiger partial charge on any atom is 0.382 e. The van der Waals surface area contributed by atoms with Crippen LogP contribution in [0, 0.1) is 11.8 Å². The summed E-state index contributed by atoms with van der Waals surface area (Å²) in [7, 11) is 0. The van der Waals surface area contributed by atoms with Crippen molar-refractivity contribution < 1.29 is 31.9 Å². The summed E-state index contributed by atoms with van der Waals surface area (Å²) in [6.45, 7) is 0.232. The molecule has 0 bridgehead atoms. The molecule has 0 heterocycles. The molecule has 0 aromatic carbocycles. The molecule has 0 aliphatic heterocycles. The van der Waals surface area contributed by atoms with Crippen molar-refractivity contribution in [1.82, 2.24) is 0 Å². The molecule has 0 amide bonds. The molecular formula is C7H5F5O2. The summed E-state index contributed by atoms with van der Waals surface area (Å²) >= 11 is 0. The van der Waals surface area contributed by atoms with E-state index in [1.54, 1.807) is 0 Å². The zero-order valence-electron chi connectivity index (χ0n) is 6.82. The molecule has 0 saturated carbocycles. The van der Waals surface area contributed by atoms with Crippen molar-refractivity contribution in [3.8, 4) is 11.8 Å². The van der Waals surface area contributed by atoms with Gasteiger partial charge in [0.1, 0.15) is 0 Å². The minimum absolute atomic E-state index is 0.232. The molecule has 14 heavy (non-hydrogen) atoms. The van der Waals surface area contributed by atoms with Gasteiger partial charge in [-0.3, -0.25) is 0 Å². The molecule has 2 nitrogen and oxygen atoms in total.